The van der Waals surface area contributed by atoms with Gasteiger partial charge in [0.15, 0.2) is 0 Å². The first kappa shape index (κ1) is 15.3. The molecule has 1 spiro atoms. The van der Waals surface area contributed by atoms with Crippen LogP contribution >= 0.6 is 0 Å². The van der Waals surface area contributed by atoms with Crippen LogP contribution in [0.15, 0.2) is 48.8 Å². The molecular weight excluding hydrogens is 305 g/mol. The van der Waals surface area contributed by atoms with Gasteiger partial charge in [-0.05, 0) is 36.2 Å². The molecule has 24 heavy (non-hydrogen) atoms. The number of halogens is 1. The van der Waals surface area contributed by atoms with E-state index in [2.05, 4.69) is 9.88 Å². The van der Waals surface area contributed by atoms with E-state index >= 15 is 0 Å². The van der Waals surface area contributed by atoms with Crippen molar-refractivity contribution in [3.05, 3.63) is 65.7 Å². The Hall–Kier alpha value is -2.27. The van der Waals surface area contributed by atoms with Crippen LogP contribution in [0.5, 0.6) is 0 Å². The van der Waals surface area contributed by atoms with Crippen molar-refractivity contribution in [1.82, 2.24) is 14.8 Å². The lowest BCUT2D eigenvalue weighted by Crippen LogP contribution is -2.57. The van der Waals surface area contributed by atoms with Gasteiger partial charge in [0.2, 0.25) is 0 Å². The molecule has 2 aliphatic rings. The SMILES string of the molecule is O=C(c1ccncc1)N1CCC2(CN(Cc3cccc(F)c3)C2)C1. The zero-order chi connectivity index (χ0) is 16.6. The standard InChI is InChI=1S/C19H20FN3O/c20-17-3-1-2-15(10-17)11-22-12-19(13-22)6-9-23(14-19)18(24)16-4-7-21-8-5-16/h1-5,7-8,10H,6,9,11-14H2. The second-order valence-electron chi connectivity index (χ2n) is 6.99. The van der Waals surface area contributed by atoms with E-state index in [-0.39, 0.29) is 17.1 Å². The Morgan fingerprint density at radius 3 is 2.71 bits per heavy atom. The van der Waals surface area contributed by atoms with Crippen LogP contribution in [0.3, 0.4) is 0 Å². The Labute approximate surface area is 140 Å². The van der Waals surface area contributed by atoms with Crippen molar-refractivity contribution in [1.29, 1.82) is 0 Å². The number of pyridine rings is 1. The summed E-state index contributed by atoms with van der Waals surface area (Å²) >= 11 is 0. The van der Waals surface area contributed by atoms with Crippen molar-refractivity contribution < 1.29 is 9.18 Å². The number of benzene rings is 1. The highest BCUT2D eigenvalue weighted by atomic mass is 19.1. The Morgan fingerprint density at radius 2 is 1.96 bits per heavy atom. The van der Waals surface area contributed by atoms with Crippen LogP contribution in [-0.2, 0) is 6.54 Å². The average Bonchev–Trinajstić information content (AvgIpc) is 3.00. The van der Waals surface area contributed by atoms with Gasteiger partial charge in [-0.2, -0.15) is 0 Å². The average molecular weight is 325 g/mol. The highest BCUT2D eigenvalue weighted by Gasteiger charge is 2.48. The predicted octanol–water partition coefficient (Wildman–Crippen LogP) is 2.57. The molecule has 0 radical (unpaired) electrons. The molecule has 3 heterocycles. The normalized spacial score (nSPS) is 19.5. The fourth-order valence-electron chi connectivity index (χ4n) is 3.95. The van der Waals surface area contributed by atoms with Crippen LogP contribution in [0.1, 0.15) is 22.3 Å². The van der Waals surface area contributed by atoms with Gasteiger partial charge in [-0.15, -0.1) is 0 Å². The monoisotopic (exact) mass is 325 g/mol. The van der Waals surface area contributed by atoms with Crippen LogP contribution in [0.2, 0.25) is 0 Å². The molecule has 0 bridgehead atoms. The van der Waals surface area contributed by atoms with Gasteiger partial charge < -0.3 is 4.90 Å². The molecule has 0 aliphatic carbocycles. The number of rotatable bonds is 3. The smallest absolute Gasteiger partial charge is 0.253 e. The number of carbonyl (C=O) groups excluding carboxylic acids is 1. The number of hydrogen-bond acceptors (Lipinski definition) is 3. The van der Waals surface area contributed by atoms with Crippen LogP contribution in [0.25, 0.3) is 0 Å². The maximum absolute atomic E-state index is 13.3. The number of hydrogen-bond donors (Lipinski definition) is 0. The minimum atomic E-state index is -0.183. The van der Waals surface area contributed by atoms with Gasteiger partial charge in [-0.3, -0.25) is 14.7 Å². The Bertz CT molecular complexity index is 743. The van der Waals surface area contributed by atoms with Crippen molar-refractivity contribution in [2.24, 2.45) is 5.41 Å². The molecular formula is C19H20FN3O. The zero-order valence-electron chi connectivity index (χ0n) is 13.5. The second-order valence-corrected chi connectivity index (χ2v) is 6.99. The van der Waals surface area contributed by atoms with E-state index in [1.54, 1.807) is 36.7 Å². The first-order valence-electron chi connectivity index (χ1n) is 8.30. The molecule has 1 aromatic heterocycles. The summed E-state index contributed by atoms with van der Waals surface area (Å²) in [4.78, 5) is 20.8. The molecule has 0 unspecified atom stereocenters. The van der Waals surface area contributed by atoms with Gasteiger partial charge in [0.05, 0.1) is 0 Å². The quantitative estimate of drug-likeness (QED) is 0.870. The second kappa shape index (κ2) is 5.98. The fraction of sp³-hybridized carbons (Fsp3) is 0.368. The van der Waals surface area contributed by atoms with Crippen LogP contribution in [-0.4, -0.2) is 46.9 Å². The molecule has 4 rings (SSSR count). The highest BCUT2D eigenvalue weighted by molar-refractivity contribution is 5.94. The van der Waals surface area contributed by atoms with E-state index in [0.717, 1.165) is 44.7 Å². The maximum atomic E-state index is 13.3. The Morgan fingerprint density at radius 1 is 1.17 bits per heavy atom. The van der Waals surface area contributed by atoms with E-state index in [1.165, 1.54) is 6.07 Å². The number of aromatic nitrogens is 1. The first-order chi connectivity index (χ1) is 11.6. The van der Waals surface area contributed by atoms with Gasteiger partial charge in [0, 0.05) is 56.1 Å². The Kier molecular flexibility index (Phi) is 3.81. The van der Waals surface area contributed by atoms with Crippen LogP contribution < -0.4 is 0 Å². The summed E-state index contributed by atoms with van der Waals surface area (Å²) in [6, 6.07) is 10.3. The zero-order valence-corrected chi connectivity index (χ0v) is 13.5. The van der Waals surface area contributed by atoms with Crippen molar-refractivity contribution in [2.75, 3.05) is 26.2 Å². The lowest BCUT2D eigenvalue weighted by molar-refractivity contribution is 0.00255. The molecule has 1 amide bonds. The van der Waals surface area contributed by atoms with E-state index < -0.39 is 0 Å². The molecule has 0 atom stereocenters. The number of nitrogens with zero attached hydrogens (tertiary/aromatic N) is 3. The van der Waals surface area contributed by atoms with Gasteiger partial charge in [0.1, 0.15) is 5.82 Å². The van der Waals surface area contributed by atoms with E-state index in [0.29, 0.717) is 5.56 Å². The lowest BCUT2D eigenvalue weighted by Gasteiger charge is -2.48. The van der Waals surface area contributed by atoms with Gasteiger partial charge in [-0.1, -0.05) is 12.1 Å². The largest absolute Gasteiger partial charge is 0.338 e. The van der Waals surface area contributed by atoms with E-state index in [4.69, 9.17) is 0 Å². The van der Waals surface area contributed by atoms with Crippen LogP contribution in [0, 0.1) is 11.2 Å². The summed E-state index contributed by atoms with van der Waals surface area (Å²) in [6.45, 7) is 4.36. The minimum Gasteiger partial charge on any atom is -0.338 e. The first-order valence-corrected chi connectivity index (χ1v) is 8.30. The topological polar surface area (TPSA) is 36.4 Å². The molecule has 2 aromatic rings. The summed E-state index contributed by atoms with van der Waals surface area (Å²) in [6.07, 6.45) is 4.36. The van der Waals surface area contributed by atoms with Crippen molar-refractivity contribution >= 4 is 5.91 Å². The molecule has 1 aromatic carbocycles. The summed E-state index contributed by atoms with van der Waals surface area (Å²) in [5.41, 5.74) is 1.93. The molecule has 124 valence electrons. The molecule has 4 nitrogen and oxygen atoms in total. The molecule has 0 N–H and O–H groups in total. The summed E-state index contributed by atoms with van der Waals surface area (Å²) < 4.78 is 13.3. The lowest BCUT2D eigenvalue weighted by atomic mass is 9.79. The molecule has 2 saturated heterocycles. The van der Waals surface area contributed by atoms with E-state index in [1.807, 2.05) is 11.0 Å². The number of carbonyl (C=O) groups is 1. The van der Waals surface area contributed by atoms with Crippen molar-refractivity contribution in [2.45, 2.75) is 13.0 Å². The molecule has 5 heteroatoms. The van der Waals surface area contributed by atoms with E-state index in [9.17, 15) is 9.18 Å². The molecule has 0 saturated carbocycles. The highest BCUT2D eigenvalue weighted by Crippen LogP contribution is 2.40. The number of amides is 1. The summed E-state index contributed by atoms with van der Waals surface area (Å²) in [7, 11) is 0. The predicted molar refractivity (Wildman–Crippen MR) is 88.9 cm³/mol. The van der Waals surface area contributed by atoms with Gasteiger partial charge >= 0.3 is 0 Å². The summed E-state index contributed by atoms with van der Waals surface area (Å²) in [5.74, 6) is -0.0874. The summed E-state index contributed by atoms with van der Waals surface area (Å²) in [5, 5.41) is 0. The van der Waals surface area contributed by atoms with Gasteiger partial charge in [0.25, 0.3) is 5.91 Å². The molecule has 2 fully saturated rings. The third kappa shape index (κ3) is 2.91. The third-order valence-electron chi connectivity index (χ3n) is 5.07. The minimum absolute atomic E-state index is 0.0952. The fourth-order valence-corrected chi connectivity index (χ4v) is 3.95. The molecule has 2 aliphatic heterocycles. The van der Waals surface area contributed by atoms with Crippen LogP contribution in [0.4, 0.5) is 4.39 Å². The van der Waals surface area contributed by atoms with Crippen molar-refractivity contribution in [3.8, 4) is 0 Å². The van der Waals surface area contributed by atoms with Crippen molar-refractivity contribution in [3.63, 3.8) is 0 Å². The number of likely N-dealkylation sites (tertiary alicyclic amines) is 2. The third-order valence-corrected chi connectivity index (χ3v) is 5.07. The Balaban J connectivity index is 1.34. The van der Waals surface area contributed by atoms with Gasteiger partial charge in [-0.25, -0.2) is 4.39 Å². The maximum Gasteiger partial charge on any atom is 0.253 e.